The molecule has 2 atom stereocenters. The molecule has 98 valence electrons. The number of rotatable bonds is 2. The van der Waals surface area contributed by atoms with Gasteiger partial charge in [0.1, 0.15) is 0 Å². The molecule has 3 rings (SSSR count). The van der Waals surface area contributed by atoms with Crippen molar-refractivity contribution in [2.75, 3.05) is 17.9 Å². The minimum atomic E-state index is 0.283. The molecule has 0 radical (unpaired) electrons. The van der Waals surface area contributed by atoms with E-state index in [-0.39, 0.29) is 6.79 Å². The molecular formula is C13H16ClNO2S. The van der Waals surface area contributed by atoms with Gasteiger partial charge in [0.25, 0.3) is 0 Å². The van der Waals surface area contributed by atoms with Gasteiger partial charge in [-0.25, -0.2) is 0 Å². The standard InChI is InChI=1S/C13H16ClNO2S/c1-8-10(3-2-4-18-8)15-11-6-13-12(5-9(11)14)16-7-17-13/h5-6,8,10,15H,2-4,7H2,1H3. The quantitative estimate of drug-likeness (QED) is 0.896. The van der Waals surface area contributed by atoms with E-state index in [0.29, 0.717) is 16.3 Å². The molecule has 2 unspecified atom stereocenters. The van der Waals surface area contributed by atoms with Gasteiger partial charge in [-0.3, -0.25) is 0 Å². The molecule has 0 bridgehead atoms. The number of ether oxygens (including phenoxy) is 2. The van der Waals surface area contributed by atoms with Gasteiger partial charge < -0.3 is 14.8 Å². The molecule has 2 aliphatic heterocycles. The van der Waals surface area contributed by atoms with Crippen molar-refractivity contribution in [1.82, 2.24) is 0 Å². The van der Waals surface area contributed by atoms with E-state index in [1.54, 1.807) is 0 Å². The first kappa shape index (κ1) is 12.3. The Morgan fingerprint density at radius 3 is 2.89 bits per heavy atom. The maximum absolute atomic E-state index is 6.27. The fraction of sp³-hybridized carbons (Fsp3) is 0.538. The molecule has 0 aromatic heterocycles. The number of anilines is 1. The van der Waals surface area contributed by atoms with Gasteiger partial charge in [-0.05, 0) is 18.6 Å². The summed E-state index contributed by atoms with van der Waals surface area (Å²) in [6.07, 6.45) is 2.45. The van der Waals surface area contributed by atoms with E-state index in [4.69, 9.17) is 21.1 Å². The number of benzene rings is 1. The predicted molar refractivity (Wildman–Crippen MR) is 76.1 cm³/mol. The minimum Gasteiger partial charge on any atom is -0.454 e. The Kier molecular flexibility index (Phi) is 3.48. The van der Waals surface area contributed by atoms with Crippen molar-refractivity contribution in [3.63, 3.8) is 0 Å². The van der Waals surface area contributed by atoms with Gasteiger partial charge in [0, 0.05) is 23.4 Å². The van der Waals surface area contributed by atoms with Crippen molar-refractivity contribution in [3.8, 4) is 11.5 Å². The number of hydrogen-bond acceptors (Lipinski definition) is 4. The van der Waals surface area contributed by atoms with Crippen LogP contribution in [0.4, 0.5) is 5.69 Å². The SMILES string of the molecule is CC1SCCCC1Nc1cc2c(cc1Cl)OCO2. The Balaban J connectivity index is 1.79. The van der Waals surface area contributed by atoms with E-state index in [0.717, 1.165) is 17.2 Å². The number of thioether (sulfide) groups is 1. The Labute approximate surface area is 116 Å². The molecule has 1 fully saturated rings. The Bertz CT molecular complexity index is 455. The van der Waals surface area contributed by atoms with E-state index in [1.807, 2.05) is 23.9 Å². The summed E-state index contributed by atoms with van der Waals surface area (Å²) in [6.45, 7) is 2.55. The molecule has 0 amide bonds. The summed E-state index contributed by atoms with van der Waals surface area (Å²) < 4.78 is 10.7. The third-order valence-corrected chi connectivity index (χ3v) is 5.10. The van der Waals surface area contributed by atoms with Gasteiger partial charge in [0.15, 0.2) is 11.5 Å². The molecule has 2 heterocycles. The molecule has 1 N–H and O–H groups in total. The summed E-state index contributed by atoms with van der Waals surface area (Å²) in [6, 6.07) is 4.24. The highest BCUT2D eigenvalue weighted by Crippen LogP contribution is 2.40. The highest BCUT2D eigenvalue weighted by Gasteiger charge is 2.24. The van der Waals surface area contributed by atoms with Gasteiger partial charge >= 0.3 is 0 Å². The van der Waals surface area contributed by atoms with Crippen LogP contribution >= 0.6 is 23.4 Å². The van der Waals surface area contributed by atoms with Gasteiger partial charge in [-0.2, -0.15) is 11.8 Å². The summed E-state index contributed by atoms with van der Waals surface area (Å²) in [5.41, 5.74) is 0.945. The number of fused-ring (bicyclic) bond motifs is 1. The lowest BCUT2D eigenvalue weighted by Gasteiger charge is -2.30. The summed E-state index contributed by atoms with van der Waals surface area (Å²) in [7, 11) is 0. The number of nitrogens with one attached hydrogen (secondary N) is 1. The summed E-state index contributed by atoms with van der Waals surface area (Å²) in [5, 5.41) is 4.85. The molecule has 1 aromatic rings. The van der Waals surface area contributed by atoms with Crippen molar-refractivity contribution < 1.29 is 9.47 Å². The van der Waals surface area contributed by atoms with Gasteiger partial charge in [-0.1, -0.05) is 18.5 Å². The van der Waals surface area contributed by atoms with Crippen LogP contribution in [0.25, 0.3) is 0 Å². The van der Waals surface area contributed by atoms with Crippen LogP contribution in [0, 0.1) is 0 Å². The second-order valence-corrected chi connectivity index (χ2v) is 6.55. The molecule has 0 spiro atoms. The fourth-order valence-corrected chi connectivity index (χ4v) is 3.69. The smallest absolute Gasteiger partial charge is 0.231 e. The molecule has 1 saturated heterocycles. The molecule has 0 aliphatic carbocycles. The maximum Gasteiger partial charge on any atom is 0.231 e. The van der Waals surface area contributed by atoms with Crippen LogP contribution in [0.2, 0.25) is 5.02 Å². The molecular weight excluding hydrogens is 270 g/mol. The molecule has 5 heteroatoms. The van der Waals surface area contributed by atoms with Crippen molar-refractivity contribution in [2.45, 2.75) is 31.1 Å². The highest BCUT2D eigenvalue weighted by atomic mass is 35.5. The van der Waals surface area contributed by atoms with Crippen molar-refractivity contribution in [2.24, 2.45) is 0 Å². The second kappa shape index (κ2) is 5.10. The molecule has 0 saturated carbocycles. The maximum atomic E-state index is 6.27. The normalized spacial score (nSPS) is 26.1. The van der Waals surface area contributed by atoms with Gasteiger partial charge in [-0.15, -0.1) is 0 Å². The Morgan fingerprint density at radius 2 is 2.11 bits per heavy atom. The van der Waals surface area contributed by atoms with E-state index >= 15 is 0 Å². The van der Waals surface area contributed by atoms with Crippen LogP contribution in [-0.4, -0.2) is 23.8 Å². The molecule has 3 nitrogen and oxygen atoms in total. The van der Waals surface area contributed by atoms with E-state index < -0.39 is 0 Å². The number of hydrogen-bond donors (Lipinski definition) is 1. The third-order valence-electron chi connectivity index (χ3n) is 3.41. The average Bonchev–Trinajstić information content (AvgIpc) is 2.79. The summed E-state index contributed by atoms with van der Waals surface area (Å²) in [5.74, 6) is 2.77. The molecule has 1 aromatic carbocycles. The van der Waals surface area contributed by atoms with Crippen LogP contribution in [0.5, 0.6) is 11.5 Å². The van der Waals surface area contributed by atoms with Gasteiger partial charge in [0.05, 0.1) is 10.7 Å². The lowest BCUT2D eigenvalue weighted by molar-refractivity contribution is 0.174. The summed E-state index contributed by atoms with van der Waals surface area (Å²) >= 11 is 8.29. The zero-order valence-corrected chi connectivity index (χ0v) is 11.8. The topological polar surface area (TPSA) is 30.5 Å². The zero-order chi connectivity index (χ0) is 12.5. The molecule has 18 heavy (non-hydrogen) atoms. The second-order valence-electron chi connectivity index (χ2n) is 4.65. The van der Waals surface area contributed by atoms with Crippen molar-refractivity contribution >= 4 is 29.1 Å². The Hall–Kier alpha value is -0.740. The molecule has 2 aliphatic rings. The minimum absolute atomic E-state index is 0.283. The third kappa shape index (κ3) is 2.36. The first-order valence-electron chi connectivity index (χ1n) is 6.21. The van der Waals surface area contributed by atoms with Crippen LogP contribution in [0.1, 0.15) is 19.8 Å². The largest absolute Gasteiger partial charge is 0.454 e. The van der Waals surface area contributed by atoms with Crippen LogP contribution in [0.3, 0.4) is 0 Å². The summed E-state index contributed by atoms with van der Waals surface area (Å²) in [4.78, 5) is 0. The highest BCUT2D eigenvalue weighted by molar-refractivity contribution is 8.00. The number of halogens is 1. The monoisotopic (exact) mass is 285 g/mol. The van der Waals surface area contributed by atoms with Crippen LogP contribution < -0.4 is 14.8 Å². The van der Waals surface area contributed by atoms with E-state index in [9.17, 15) is 0 Å². The van der Waals surface area contributed by atoms with E-state index in [2.05, 4.69) is 12.2 Å². The lowest BCUT2D eigenvalue weighted by Crippen LogP contribution is -2.32. The van der Waals surface area contributed by atoms with Crippen LogP contribution in [-0.2, 0) is 0 Å². The van der Waals surface area contributed by atoms with Crippen LogP contribution in [0.15, 0.2) is 12.1 Å². The fourth-order valence-electron chi connectivity index (χ4n) is 2.34. The lowest BCUT2D eigenvalue weighted by atomic mass is 10.1. The first-order valence-corrected chi connectivity index (χ1v) is 7.64. The van der Waals surface area contributed by atoms with Crippen molar-refractivity contribution in [1.29, 1.82) is 0 Å². The Morgan fingerprint density at radius 1 is 1.33 bits per heavy atom. The first-order chi connectivity index (χ1) is 8.74. The van der Waals surface area contributed by atoms with Gasteiger partial charge in [0.2, 0.25) is 6.79 Å². The van der Waals surface area contributed by atoms with E-state index in [1.165, 1.54) is 18.6 Å². The average molecular weight is 286 g/mol. The predicted octanol–water partition coefficient (Wildman–Crippen LogP) is 3.76. The zero-order valence-electron chi connectivity index (χ0n) is 10.2. The van der Waals surface area contributed by atoms with Crippen molar-refractivity contribution in [3.05, 3.63) is 17.2 Å².